The fraction of sp³-hybridized carbons (Fsp3) is 0.775. The zero-order valence-electron chi connectivity index (χ0n) is 33.4. The molecule has 0 aromatic carbocycles. The SMILES string of the molecule is C=CC1CN2C[C@H](C)[C@@H](O1)[C@](C)(O)[C@@H](CC)OC(=O)[C@H](C)[C@@H](OC(=O)Cc1ccccn1)[C@H](C)[C@@H](O[C@@H]1O[C@H](C)C[C@H](N(C)C)[C@H]1O)[C@](C)(O)C[C@H]2C. The topological polar surface area (TPSA) is 160 Å². The van der Waals surface area contributed by atoms with Gasteiger partial charge in [0.25, 0.3) is 0 Å². The van der Waals surface area contributed by atoms with E-state index in [-0.39, 0.29) is 36.9 Å². The Morgan fingerprint density at radius 2 is 1.83 bits per heavy atom. The van der Waals surface area contributed by atoms with Crippen molar-refractivity contribution < 1.29 is 48.6 Å². The van der Waals surface area contributed by atoms with Gasteiger partial charge in [-0.1, -0.05) is 32.9 Å². The van der Waals surface area contributed by atoms with E-state index in [4.69, 9.17) is 23.7 Å². The monoisotopic (exact) mass is 747 g/mol. The number of nitrogens with zero attached hydrogens (tertiary/aromatic N) is 3. The second-order valence-corrected chi connectivity index (χ2v) is 16.5. The Labute approximate surface area is 316 Å². The smallest absolute Gasteiger partial charge is 0.312 e. The second kappa shape index (κ2) is 18.0. The van der Waals surface area contributed by atoms with Crippen molar-refractivity contribution in [3.8, 4) is 0 Å². The number of esters is 2. The molecule has 4 rings (SSSR count). The van der Waals surface area contributed by atoms with Crippen LogP contribution in [0, 0.1) is 17.8 Å². The number of carbonyl (C=O) groups is 2. The molecule has 1 aromatic rings. The Hall–Kier alpha value is -2.49. The van der Waals surface area contributed by atoms with Crippen molar-refractivity contribution in [3.63, 3.8) is 0 Å². The zero-order valence-corrected chi connectivity index (χ0v) is 33.4. The number of aliphatic hydroxyl groups excluding tert-OH is 1. The van der Waals surface area contributed by atoms with Crippen molar-refractivity contribution in [3.05, 3.63) is 42.7 Å². The van der Waals surface area contributed by atoms with E-state index in [1.807, 2.05) is 46.7 Å². The number of ether oxygens (including phenoxy) is 5. The van der Waals surface area contributed by atoms with Gasteiger partial charge in [0.2, 0.25) is 0 Å². The molecule has 0 aliphatic carbocycles. The van der Waals surface area contributed by atoms with E-state index in [0.29, 0.717) is 31.6 Å². The van der Waals surface area contributed by atoms with Crippen LogP contribution in [-0.4, -0.2) is 142 Å². The van der Waals surface area contributed by atoms with Gasteiger partial charge < -0.3 is 43.9 Å². The maximum Gasteiger partial charge on any atom is 0.312 e. The van der Waals surface area contributed by atoms with Crippen LogP contribution in [0.4, 0.5) is 0 Å². The average Bonchev–Trinajstić information content (AvgIpc) is 3.27. The van der Waals surface area contributed by atoms with Crippen molar-refractivity contribution in [1.82, 2.24) is 14.8 Å². The highest BCUT2D eigenvalue weighted by molar-refractivity contribution is 5.75. The summed E-state index contributed by atoms with van der Waals surface area (Å²) in [4.78, 5) is 36.2. The van der Waals surface area contributed by atoms with Crippen molar-refractivity contribution in [2.45, 2.75) is 153 Å². The van der Waals surface area contributed by atoms with Gasteiger partial charge in [-0.15, -0.1) is 6.58 Å². The van der Waals surface area contributed by atoms with Crippen LogP contribution >= 0.6 is 0 Å². The number of pyridine rings is 1. The summed E-state index contributed by atoms with van der Waals surface area (Å²) < 4.78 is 31.7. The molecule has 16 atom stereocenters. The number of likely N-dealkylation sites (N-methyl/N-ethyl adjacent to an activating group) is 1. The third-order valence-corrected chi connectivity index (χ3v) is 11.6. The minimum atomic E-state index is -1.61. The van der Waals surface area contributed by atoms with Crippen LogP contribution in [0.3, 0.4) is 0 Å². The summed E-state index contributed by atoms with van der Waals surface area (Å²) in [7, 11) is 3.76. The molecule has 4 heterocycles. The predicted molar refractivity (Wildman–Crippen MR) is 199 cm³/mol. The van der Waals surface area contributed by atoms with Gasteiger partial charge in [-0.25, -0.2) is 0 Å². The van der Waals surface area contributed by atoms with E-state index in [1.54, 1.807) is 58.2 Å². The van der Waals surface area contributed by atoms with Gasteiger partial charge in [0, 0.05) is 37.3 Å². The summed E-state index contributed by atoms with van der Waals surface area (Å²) in [5.41, 5.74) is -2.71. The number of fused-ring (bicyclic) bond motifs is 3. The van der Waals surface area contributed by atoms with Gasteiger partial charge in [-0.2, -0.15) is 0 Å². The lowest BCUT2D eigenvalue weighted by molar-refractivity contribution is -0.299. The van der Waals surface area contributed by atoms with Gasteiger partial charge in [0.05, 0.1) is 48.0 Å². The van der Waals surface area contributed by atoms with Gasteiger partial charge in [-0.05, 0) is 86.0 Å². The number of hydrogen-bond acceptors (Lipinski definition) is 13. The number of hydrogen-bond donors (Lipinski definition) is 3. The highest BCUT2D eigenvalue weighted by Gasteiger charge is 2.52. The van der Waals surface area contributed by atoms with Crippen LogP contribution in [0.5, 0.6) is 0 Å². The Morgan fingerprint density at radius 3 is 2.43 bits per heavy atom. The van der Waals surface area contributed by atoms with E-state index in [0.717, 1.165) is 0 Å². The Kier molecular flexibility index (Phi) is 14.7. The highest BCUT2D eigenvalue weighted by atomic mass is 16.7. The zero-order chi connectivity index (χ0) is 39.4. The summed E-state index contributed by atoms with van der Waals surface area (Å²) >= 11 is 0. The number of aliphatic hydroxyl groups is 3. The van der Waals surface area contributed by atoms with Gasteiger partial charge in [0.15, 0.2) is 6.29 Å². The molecule has 0 amide bonds. The summed E-state index contributed by atoms with van der Waals surface area (Å²) in [6.07, 6.45) is -2.68. The summed E-state index contributed by atoms with van der Waals surface area (Å²) in [5.74, 6) is -3.43. The molecule has 13 heteroatoms. The third-order valence-electron chi connectivity index (χ3n) is 11.6. The lowest BCUT2D eigenvalue weighted by atomic mass is 9.78. The van der Waals surface area contributed by atoms with Gasteiger partial charge >= 0.3 is 11.9 Å². The minimum Gasteiger partial charge on any atom is -0.461 e. The molecule has 3 aliphatic heterocycles. The standard InChI is InChI=1S/C40H65N3O10/c1-12-29-22-43-21-23(3)35(50-29)40(9,48)31(13-2)51-37(46)27(7)34(52-32(44)19-28-16-14-15-17-41-28)26(6)36(39(8,47)20-24(43)4)53-38-33(45)30(42(10)11)18-25(5)49-38/h12,14-17,23-27,29-31,33-36,38,45,47-48H,1,13,18-22H2,2-11H3/t23-,24+,25+,26-,27+,29?,30-,31+,33+,34-,35+,36+,38-,39+,40+/m0/s1. The molecular formula is C40H65N3O10. The first-order valence-corrected chi connectivity index (χ1v) is 19.2. The minimum absolute atomic E-state index is 0.153. The fourth-order valence-electron chi connectivity index (χ4n) is 8.68. The van der Waals surface area contributed by atoms with E-state index >= 15 is 0 Å². The Bertz CT molecular complexity index is 1360. The van der Waals surface area contributed by atoms with Gasteiger partial charge in [0.1, 0.15) is 23.9 Å². The number of carbonyl (C=O) groups excluding carboxylic acids is 2. The molecular weight excluding hydrogens is 682 g/mol. The number of aromatic nitrogens is 1. The largest absolute Gasteiger partial charge is 0.461 e. The Balaban J connectivity index is 1.83. The van der Waals surface area contributed by atoms with E-state index < -0.39 is 77.9 Å². The van der Waals surface area contributed by atoms with Crippen molar-refractivity contribution in [2.24, 2.45) is 17.8 Å². The lowest BCUT2D eigenvalue weighted by Crippen LogP contribution is -2.60. The van der Waals surface area contributed by atoms with Crippen LogP contribution in [-0.2, 0) is 39.7 Å². The predicted octanol–water partition coefficient (Wildman–Crippen LogP) is 3.13. The molecule has 3 fully saturated rings. The molecule has 1 aromatic heterocycles. The maximum atomic E-state index is 14.2. The second-order valence-electron chi connectivity index (χ2n) is 16.5. The summed E-state index contributed by atoms with van der Waals surface area (Å²) in [6.45, 7) is 19.4. The fourth-order valence-corrected chi connectivity index (χ4v) is 8.68. The molecule has 0 radical (unpaired) electrons. The van der Waals surface area contributed by atoms with Crippen LogP contribution in [0.25, 0.3) is 0 Å². The molecule has 3 saturated heterocycles. The normalized spacial score (nSPS) is 43.2. The van der Waals surface area contributed by atoms with Crippen molar-refractivity contribution in [2.75, 3.05) is 27.2 Å². The maximum absolute atomic E-state index is 14.2. The molecule has 3 N–H and O–H groups in total. The Morgan fingerprint density at radius 1 is 1.13 bits per heavy atom. The van der Waals surface area contributed by atoms with E-state index in [1.165, 1.54) is 0 Å². The first kappa shape index (κ1) is 43.2. The van der Waals surface area contributed by atoms with Crippen LogP contribution < -0.4 is 0 Å². The van der Waals surface area contributed by atoms with Crippen LogP contribution in [0.1, 0.15) is 80.3 Å². The van der Waals surface area contributed by atoms with Crippen LogP contribution in [0.2, 0.25) is 0 Å². The highest BCUT2D eigenvalue weighted by Crippen LogP contribution is 2.39. The number of rotatable bonds is 8. The molecule has 0 saturated carbocycles. The molecule has 0 spiro atoms. The molecule has 2 unspecified atom stereocenters. The molecule has 300 valence electrons. The first-order chi connectivity index (χ1) is 24.8. The molecule has 13 nitrogen and oxygen atoms in total. The first-order valence-electron chi connectivity index (χ1n) is 19.2. The summed E-state index contributed by atoms with van der Waals surface area (Å²) in [6, 6.07) is 4.70. The number of cyclic esters (lactones) is 1. The molecule has 2 bridgehead atoms. The van der Waals surface area contributed by atoms with Gasteiger partial charge in [-0.3, -0.25) is 19.5 Å². The third kappa shape index (κ3) is 10.2. The van der Waals surface area contributed by atoms with Crippen molar-refractivity contribution >= 4 is 11.9 Å². The van der Waals surface area contributed by atoms with E-state index in [9.17, 15) is 24.9 Å². The van der Waals surface area contributed by atoms with E-state index in [2.05, 4.69) is 16.5 Å². The van der Waals surface area contributed by atoms with Crippen LogP contribution in [0.15, 0.2) is 37.1 Å². The summed E-state index contributed by atoms with van der Waals surface area (Å²) in [5, 5.41) is 36.3. The average molecular weight is 748 g/mol. The van der Waals surface area contributed by atoms with Crippen molar-refractivity contribution in [1.29, 1.82) is 0 Å². The molecule has 53 heavy (non-hydrogen) atoms. The quantitative estimate of drug-likeness (QED) is 0.263. The molecule has 3 aliphatic rings. The lowest BCUT2D eigenvalue weighted by Gasteiger charge is -2.47.